The molecule has 1 rings (SSSR count). The van der Waals surface area contributed by atoms with E-state index in [4.69, 9.17) is 15.3 Å². The molecule has 3 N–H and O–H groups in total. The minimum absolute atomic E-state index is 0. The second kappa shape index (κ2) is 6.49. The summed E-state index contributed by atoms with van der Waals surface area (Å²) in [4.78, 5) is 0. The van der Waals surface area contributed by atoms with E-state index in [-0.39, 0.29) is 23.1 Å². The third-order valence-corrected chi connectivity index (χ3v) is 2.92. The first-order chi connectivity index (χ1) is 6.08. The molecule has 14 heavy (non-hydrogen) atoms. The van der Waals surface area contributed by atoms with Crippen molar-refractivity contribution in [1.82, 2.24) is 0 Å². The Labute approximate surface area is 95.3 Å². The van der Waals surface area contributed by atoms with Gasteiger partial charge in [-0.15, -0.1) is 25.6 Å². The Kier molecular flexibility index (Phi) is 6.49. The van der Waals surface area contributed by atoms with E-state index < -0.39 is 5.97 Å². The summed E-state index contributed by atoms with van der Waals surface area (Å²) in [7, 11) is 0.311. The second-order valence-corrected chi connectivity index (χ2v) is 4.07. The summed E-state index contributed by atoms with van der Waals surface area (Å²) in [5.41, 5.74) is 1.14. The van der Waals surface area contributed by atoms with Gasteiger partial charge < -0.3 is 15.3 Å². The third-order valence-electron chi connectivity index (χ3n) is 1.53. The number of benzene rings is 1. The minimum atomic E-state index is -2.51. The van der Waals surface area contributed by atoms with Crippen LogP contribution >= 0.6 is 25.6 Å². The van der Waals surface area contributed by atoms with E-state index in [1.54, 1.807) is 0 Å². The van der Waals surface area contributed by atoms with Crippen LogP contribution in [0.4, 0.5) is 0 Å². The Morgan fingerprint density at radius 3 is 2.14 bits per heavy atom. The van der Waals surface area contributed by atoms with E-state index in [9.17, 15) is 0 Å². The molecular formula is C9H14BrO3P. The Hall–Kier alpha value is 0.0100. The standard InChI is InChI=1S/C9H13O3P.BrH/c10-9(11,12)7-13-6-8-4-2-1-3-5-8;/h1-5,10-13H,6-7H2;1H. The molecule has 0 fully saturated rings. The Bertz CT molecular complexity index is 248. The highest BCUT2D eigenvalue weighted by Gasteiger charge is 2.16. The maximum atomic E-state index is 8.61. The van der Waals surface area contributed by atoms with Crippen molar-refractivity contribution in [3.8, 4) is 0 Å². The molecule has 0 aliphatic rings. The van der Waals surface area contributed by atoms with Crippen LogP contribution in [0, 0.1) is 0 Å². The molecule has 80 valence electrons. The van der Waals surface area contributed by atoms with Crippen LogP contribution < -0.4 is 0 Å². The molecule has 1 unspecified atom stereocenters. The number of aliphatic hydroxyl groups is 3. The molecule has 0 radical (unpaired) electrons. The zero-order chi connectivity index (χ0) is 9.73. The average Bonchev–Trinajstić information content (AvgIpc) is 2.04. The van der Waals surface area contributed by atoms with Gasteiger partial charge in [0.1, 0.15) is 0 Å². The molecule has 1 aromatic rings. The summed E-state index contributed by atoms with van der Waals surface area (Å²) in [5.74, 6) is -2.51. The SMILES string of the molecule is Br.OC(O)(O)CPCc1ccccc1. The first-order valence-corrected chi connectivity index (χ1v) is 5.41. The van der Waals surface area contributed by atoms with Gasteiger partial charge in [0, 0.05) is 6.16 Å². The van der Waals surface area contributed by atoms with Crippen molar-refractivity contribution in [1.29, 1.82) is 0 Å². The van der Waals surface area contributed by atoms with Crippen LogP contribution in [0.25, 0.3) is 0 Å². The monoisotopic (exact) mass is 280 g/mol. The van der Waals surface area contributed by atoms with Gasteiger partial charge in [-0.1, -0.05) is 30.3 Å². The second-order valence-electron chi connectivity index (χ2n) is 2.86. The molecule has 0 aliphatic carbocycles. The molecule has 3 nitrogen and oxygen atoms in total. The number of hydrogen-bond acceptors (Lipinski definition) is 3. The van der Waals surface area contributed by atoms with Crippen LogP contribution in [0.2, 0.25) is 0 Å². The van der Waals surface area contributed by atoms with Crippen LogP contribution in [-0.2, 0) is 6.16 Å². The van der Waals surface area contributed by atoms with Crippen LogP contribution in [0.1, 0.15) is 5.56 Å². The molecule has 1 aromatic carbocycles. The highest BCUT2D eigenvalue weighted by atomic mass is 79.9. The van der Waals surface area contributed by atoms with E-state index >= 15 is 0 Å². The van der Waals surface area contributed by atoms with Crippen molar-refractivity contribution in [2.24, 2.45) is 0 Å². The molecule has 0 spiro atoms. The maximum Gasteiger partial charge on any atom is 0.279 e. The van der Waals surface area contributed by atoms with Crippen molar-refractivity contribution >= 4 is 25.6 Å². The van der Waals surface area contributed by atoms with E-state index in [0.29, 0.717) is 8.58 Å². The topological polar surface area (TPSA) is 60.7 Å². The van der Waals surface area contributed by atoms with Gasteiger partial charge in [-0.25, -0.2) is 0 Å². The summed E-state index contributed by atoms with van der Waals surface area (Å²) in [6.07, 6.45) is 0.770. The number of halogens is 1. The van der Waals surface area contributed by atoms with Gasteiger partial charge in [0.25, 0.3) is 5.97 Å². The molecule has 0 bridgehead atoms. The predicted molar refractivity (Wildman–Crippen MR) is 63.0 cm³/mol. The van der Waals surface area contributed by atoms with Gasteiger partial charge in [-0.05, 0) is 11.7 Å². The first kappa shape index (κ1) is 14.0. The summed E-state index contributed by atoms with van der Waals surface area (Å²) in [6.45, 7) is 0. The third kappa shape index (κ3) is 6.46. The summed E-state index contributed by atoms with van der Waals surface area (Å²) < 4.78 is 0. The smallest absolute Gasteiger partial charge is 0.279 e. The van der Waals surface area contributed by atoms with Crippen LogP contribution in [0.5, 0.6) is 0 Å². The molecular weight excluding hydrogens is 267 g/mol. The van der Waals surface area contributed by atoms with Crippen LogP contribution in [-0.4, -0.2) is 27.5 Å². The highest BCUT2D eigenvalue weighted by molar-refractivity contribution is 8.93. The van der Waals surface area contributed by atoms with E-state index in [2.05, 4.69) is 0 Å². The molecule has 0 aliphatic heterocycles. The van der Waals surface area contributed by atoms with Gasteiger partial charge in [0.15, 0.2) is 0 Å². The van der Waals surface area contributed by atoms with Gasteiger partial charge in [-0.3, -0.25) is 0 Å². The zero-order valence-electron chi connectivity index (χ0n) is 7.55. The van der Waals surface area contributed by atoms with Crippen molar-refractivity contribution in [2.45, 2.75) is 12.1 Å². The van der Waals surface area contributed by atoms with Crippen molar-refractivity contribution in [2.75, 3.05) is 6.16 Å². The lowest BCUT2D eigenvalue weighted by molar-refractivity contribution is -0.293. The van der Waals surface area contributed by atoms with E-state index in [0.717, 1.165) is 11.7 Å². The first-order valence-electron chi connectivity index (χ1n) is 4.00. The minimum Gasteiger partial charge on any atom is -0.343 e. The highest BCUT2D eigenvalue weighted by Crippen LogP contribution is 2.21. The van der Waals surface area contributed by atoms with E-state index in [1.807, 2.05) is 30.3 Å². The van der Waals surface area contributed by atoms with Crippen molar-refractivity contribution < 1.29 is 15.3 Å². The normalized spacial score (nSPS) is 11.6. The number of rotatable bonds is 4. The molecule has 0 heterocycles. The van der Waals surface area contributed by atoms with Crippen molar-refractivity contribution in [3.63, 3.8) is 0 Å². The van der Waals surface area contributed by atoms with E-state index in [1.165, 1.54) is 0 Å². The quantitative estimate of drug-likeness (QED) is 0.571. The molecule has 0 saturated carbocycles. The van der Waals surface area contributed by atoms with Gasteiger partial charge in [0.2, 0.25) is 0 Å². The molecule has 1 atom stereocenters. The summed E-state index contributed by atoms with van der Waals surface area (Å²) in [6, 6.07) is 9.75. The predicted octanol–water partition coefficient (Wildman–Crippen LogP) is 1.07. The van der Waals surface area contributed by atoms with Crippen LogP contribution in [0.3, 0.4) is 0 Å². The lowest BCUT2D eigenvalue weighted by atomic mass is 10.2. The van der Waals surface area contributed by atoms with Crippen molar-refractivity contribution in [3.05, 3.63) is 35.9 Å². The Morgan fingerprint density at radius 1 is 1.07 bits per heavy atom. The van der Waals surface area contributed by atoms with Gasteiger partial charge in [0.05, 0.1) is 0 Å². The molecule has 0 saturated heterocycles. The molecule has 0 aromatic heterocycles. The lowest BCUT2D eigenvalue weighted by Crippen LogP contribution is -2.29. The molecule has 0 amide bonds. The fourth-order valence-electron chi connectivity index (χ4n) is 0.970. The summed E-state index contributed by atoms with van der Waals surface area (Å²) >= 11 is 0. The fourth-order valence-corrected chi connectivity index (χ4v) is 1.96. The Balaban J connectivity index is 0.00000169. The fraction of sp³-hybridized carbons (Fsp3) is 0.333. The van der Waals surface area contributed by atoms with Gasteiger partial charge in [-0.2, -0.15) is 0 Å². The maximum absolute atomic E-state index is 8.61. The lowest BCUT2D eigenvalue weighted by Gasteiger charge is -2.13. The zero-order valence-corrected chi connectivity index (χ0v) is 10.3. The number of hydrogen-bond donors (Lipinski definition) is 3. The average molecular weight is 281 g/mol. The Morgan fingerprint density at radius 2 is 1.64 bits per heavy atom. The largest absolute Gasteiger partial charge is 0.343 e. The molecule has 5 heteroatoms. The van der Waals surface area contributed by atoms with Crippen LogP contribution in [0.15, 0.2) is 30.3 Å². The summed E-state index contributed by atoms with van der Waals surface area (Å²) in [5, 5.41) is 25.8. The van der Waals surface area contributed by atoms with Gasteiger partial charge >= 0.3 is 0 Å².